The number of fused-ring (bicyclic) bond motifs is 1. The van der Waals surface area contributed by atoms with Crippen LogP contribution in [0.2, 0.25) is 0 Å². The van der Waals surface area contributed by atoms with E-state index in [2.05, 4.69) is 16.0 Å². The molecule has 0 saturated heterocycles. The van der Waals surface area contributed by atoms with E-state index in [4.69, 9.17) is 0 Å². The molecule has 2 aromatic carbocycles. The number of nitro groups is 1. The van der Waals surface area contributed by atoms with E-state index >= 15 is 0 Å². The Kier molecular flexibility index (Phi) is 5.17. The topological polar surface area (TPSA) is 90.9 Å². The summed E-state index contributed by atoms with van der Waals surface area (Å²) in [4.78, 5) is 32.1. The van der Waals surface area contributed by atoms with Gasteiger partial charge in [0.1, 0.15) is 5.82 Å². The molecular weight excluding hydrogens is 392 g/mol. The van der Waals surface area contributed by atoms with Crippen LogP contribution in [-0.2, 0) is 0 Å². The Labute approximate surface area is 178 Å². The van der Waals surface area contributed by atoms with Gasteiger partial charge in [-0.3, -0.25) is 19.5 Å². The van der Waals surface area contributed by atoms with Crippen LogP contribution in [0.15, 0.2) is 59.4 Å². The molecule has 0 aliphatic carbocycles. The molecule has 154 valence electrons. The second kappa shape index (κ2) is 7.95. The lowest BCUT2D eigenvalue weighted by Crippen LogP contribution is -2.17. The monoisotopic (exact) mass is 412 g/mol. The van der Waals surface area contributed by atoms with Crippen molar-refractivity contribution in [1.82, 2.24) is 14.5 Å². The number of hydrogen-bond acceptors (Lipinski definition) is 5. The number of non-ortho nitro benzene ring substituents is 1. The molecule has 2 heterocycles. The fraction of sp³-hybridized carbons (Fsp3) is 0.125. The van der Waals surface area contributed by atoms with Crippen LogP contribution in [0.3, 0.4) is 0 Å². The van der Waals surface area contributed by atoms with Crippen LogP contribution < -0.4 is 5.56 Å². The Morgan fingerprint density at radius 2 is 1.68 bits per heavy atom. The third-order valence-corrected chi connectivity index (χ3v) is 5.02. The molecule has 0 N–H and O–H groups in total. The quantitative estimate of drug-likeness (QED) is 0.355. The van der Waals surface area contributed by atoms with Gasteiger partial charge in [-0.1, -0.05) is 23.8 Å². The SMILES string of the molecule is Cc1ccc(-n2c(/C=C/c3ccc([N+](=O)[O-])cc3)nc(=O)c3ccc(C)nc32)c(C)c1. The first kappa shape index (κ1) is 20.2. The van der Waals surface area contributed by atoms with E-state index in [-0.39, 0.29) is 11.2 Å². The molecular formula is C24H20N4O3. The second-order valence-electron chi connectivity index (χ2n) is 7.41. The second-order valence-corrected chi connectivity index (χ2v) is 7.41. The first-order chi connectivity index (χ1) is 14.8. The van der Waals surface area contributed by atoms with Gasteiger partial charge in [-0.15, -0.1) is 0 Å². The predicted octanol–water partition coefficient (Wildman–Crippen LogP) is 4.78. The standard InChI is InChI=1S/C24H20N4O3/c1-15-4-12-21(16(2)14-15)27-22(13-8-18-6-9-19(10-7-18)28(30)31)26-24(29)20-11-5-17(3)25-23(20)27/h4-14H,1-3H3/b13-8+. The Balaban J connectivity index is 1.94. The van der Waals surface area contributed by atoms with E-state index in [1.165, 1.54) is 12.1 Å². The van der Waals surface area contributed by atoms with Crippen LogP contribution in [0.25, 0.3) is 28.9 Å². The zero-order chi connectivity index (χ0) is 22.1. The van der Waals surface area contributed by atoms with Crippen LogP contribution in [0, 0.1) is 30.9 Å². The van der Waals surface area contributed by atoms with E-state index in [0.29, 0.717) is 16.9 Å². The number of nitrogens with zero attached hydrogens (tertiary/aromatic N) is 4. The summed E-state index contributed by atoms with van der Waals surface area (Å²) in [5, 5.41) is 11.3. The molecule has 31 heavy (non-hydrogen) atoms. The predicted molar refractivity (Wildman–Crippen MR) is 121 cm³/mol. The smallest absolute Gasteiger partial charge is 0.278 e. The van der Waals surface area contributed by atoms with Gasteiger partial charge in [-0.05, 0) is 68.3 Å². The van der Waals surface area contributed by atoms with Crippen LogP contribution in [0.1, 0.15) is 28.2 Å². The zero-order valence-corrected chi connectivity index (χ0v) is 17.4. The van der Waals surface area contributed by atoms with Crippen molar-refractivity contribution < 1.29 is 4.92 Å². The molecule has 4 aromatic rings. The fourth-order valence-electron chi connectivity index (χ4n) is 3.49. The molecule has 0 aliphatic rings. The molecule has 0 unspecified atom stereocenters. The summed E-state index contributed by atoms with van der Waals surface area (Å²) >= 11 is 0. The molecule has 0 bridgehead atoms. The van der Waals surface area contributed by atoms with Crippen LogP contribution in [0.5, 0.6) is 0 Å². The van der Waals surface area contributed by atoms with Gasteiger partial charge in [0, 0.05) is 17.8 Å². The zero-order valence-electron chi connectivity index (χ0n) is 17.4. The summed E-state index contributed by atoms with van der Waals surface area (Å²) in [5.74, 6) is 0.431. The Hall–Kier alpha value is -4.13. The van der Waals surface area contributed by atoms with E-state index in [1.807, 2.05) is 37.5 Å². The number of benzene rings is 2. The summed E-state index contributed by atoms with van der Waals surface area (Å²) in [5.41, 5.74) is 4.79. The van der Waals surface area contributed by atoms with Gasteiger partial charge in [-0.25, -0.2) is 4.98 Å². The van der Waals surface area contributed by atoms with Gasteiger partial charge < -0.3 is 0 Å². The summed E-state index contributed by atoms with van der Waals surface area (Å²) in [7, 11) is 0. The summed E-state index contributed by atoms with van der Waals surface area (Å²) in [6, 6.07) is 15.8. The molecule has 0 spiro atoms. The minimum atomic E-state index is -0.440. The van der Waals surface area contributed by atoms with Gasteiger partial charge in [0.05, 0.1) is 16.0 Å². The van der Waals surface area contributed by atoms with Crippen molar-refractivity contribution in [1.29, 1.82) is 0 Å². The maximum Gasteiger partial charge on any atom is 0.282 e. The van der Waals surface area contributed by atoms with E-state index < -0.39 is 4.92 Å². The van der Waals surface area contributed by atoms with Crippen molar-refractivity contribution in [3.63, 3.8) is 0 Å². The van der Waals surface area contributed by atoms with Crippen molar-refractivity contribution in [2.45, 2.75) is 20.8 Å². The number of nitro benzene ring substituents is 1. The van der Waals surface area contributed by atoms with Gasteiger partial charge >= 0.3 is 0 Å². The van der Waals surface area contributed by atoms with Crippen LogP contribution in [-0.4, -0.2) is 19.5 Å². The molecule has 0 aliphatic heterocycles. The average Bonchev–Trinajstić information content (AvgIpc) is 2.73. The minimum absolute atomic E-state index is 0.0212. The van der Waals surface area contributed by atoms with Crippen molar-refractivity contribution in [2.75, 3.05) is 0 Å². The van der Waals surface area contributed by atoms with Gasteiger partial charge in [-0.2, -0.15) is 4.98 Å². The molecule has 0 saturated carbocycles. The molecule has 0 atom stereocenters. The molecule has 0 radical (unpaired) electrons. The lowest BCUT2D eigenvalue weighted by Gasteiger charge is -2.16. The molecule has 4 rings (SSSR count). The van der Waals surface area contributed by atoms with Crippen LogP contribution in [0.4, 0.5) is 5.69 Å². The van der Waals surface area contributed by atoms with Gasteiger partial charge in [0.25, 0.3) is 11.2 Å². The first-order valence-electron chi connectivity index (χ1n) is 9.74. The number of aryl methyl sites for hydroxylation is 3. The van der Waals surface area contributed by atoms with Crippen molar-refractivity contribution in [3.05, 3.63) is 103 Å². The van der Waals surface area contributed by atoms with Crippen molar-refractivity contribution in [2.24, 2.45) is 0 Å². The molecule has 7 heteroatoms. The van der Waals surface area contributed by atoms with Crippen molar-refractivity contribution >= 4 is 28.9 Å². The van der Waals surface area contributed by atoms with Gasteiger partial charge in [0.2, 0.25) is 0 Å². The average molecular weight is 412 g/mol. The highest BCUT2D eigenvalue weighted by molar-refractivity contribution is 5.79. The lowest BCUT2D eigenvalue weighted by molar-refractivity contribution is -0.384. The third kappa shape index (κ3) is 3.98. The van der Waals surface area contributed by atoms with Crippen LogP contribution >= 0.6 is 0 Å². The maximum absolute atomic E-state index is 12.7. The first-order valence-corrected chi connectivity index (χ1v) is 9.74. The number of pyridine rings is 1. The van der Waals surface area contributed by atoms with E-state index in [9.17, 15) is 14.9 Å². The van der Waals surface area contributed by atoms with E-state index in [0.717, 1.165) is 28.1 Å². The number of rotatable bonds is 4. The maximum atomic E-state index is 12.7. The Morgan fingerprint density at radius 1 is 0.935 bits per heavy atom. The fourth-order valence-corrected chi connectivity index (χ4v) is 3.49. The molecule has 2 aromatic heterocycles. The number of aromatic nitrogens is 3. The normalized spacial score (nSPS) is 11.3. The highest BCUT2D eigenvalue weighted by Gasteiger charge is 2.14. The van der Waals surface area contributed by atoms with Crippen molar-refractivity contribution in [3.8, 4) is 5.69 Å². The Bertz CT molecular complexity index is 1400. The lowest BCUT2D eigenvalue weighted by atomic mass is 10.1. The summed E-state index contributed by atoms with van der Waals surface area (Å²) in [6.45, 7) is 5.91. The van der Waals surface area contributed by atoms with Gasteiger partial charge in [0.15, 0.2) is 5.65 Å². The summed E-state index contributed by atoms with van der Waals surface area (Å²) < 4.78 is 1.88. The highest BCUT2D eigenvalue weighted by Crippen LogP contribution is 2.23. The summed E-state index contributed by atoms with van der Waals surface area (Å²) in [6.07, 6.45) is 3.50. The highest BCUT2D eigenvalue weighted by atomic mass is 16.6. The minimum Gasteiger partial charge on any atom is -0.278 e. The molecule has 0 fully saturated rings. The third-order valence-electron chi connectivity index (χ3n) is 5.02. The Morgan fingerprint density at radius 3 is 2.35 bits per heavy atom. The molecule has 7 nitrogen and oxygen atoms in total. The largest absolute Gasteiger partial charge is 0.282 e. The van der Waals surface area contributed by atoms with E-state index in [1.54, 1.807) is 36.4 Å². The number of hydrogen-bond donors (Lipinski definition) is 0. The molecule has 0 amide bonds.